The number of likely N-dealkylation sites (tertiary alicyclic amines) is 1. The molecule has 0 atom stereocenters. The molecule has 0 saturated carbocycles. The van der Waals surface area contributed by atoms with Crippen LogP contribution in [0, 0.1) is 5.41 Å². The smallest absolute Gasteiger partial charge is 0.267 e. The highest BCUT2D eigenvalue weighted by atomic mass is 35.5. The monoisotopic (exact) mass is 406 g/mol. The number of benzene rings is 1. The summed E-state index contributed by atoms with van der Waals surface area (Å²) in [5, 5.41) is 3.48. The van der Waals surface area contributed by atoms with Crippen LogP contribution in [-0.2, 0) is 0 Å². The Morgan fingerprint density at radius 1 is 1.22 bits per heavy atom. The van der Waals surface area contributed by atoms with Crippen molar-refractivity contribution in [1.82, 2.24) is 10.2 Å². The zero-order chi connectivity index (χ0) is 18.0. The quantitative estimate of drug-likeness (QED) is 0.815. The number of hydrogen-bond donors (Lipinski definition) is 1. The normalized spacial score (nSPS) is 18.3. The van der Waals surface area contributed by atoms with Crippen molar-refractivity contribution in [2.45, 2.75) is 26.2 Å². The summed E-state index contributed by atoms with van der Waals surface area (Å²) in [5.41, 5.74) is 1.55. The number of rotatable bonds is 4. The molecule has 2 saturated heterocycles. The van der Waals surface area contributed by atoms with Gasteiger partial charge in [-0.3, -0.25) is 4.79 Å². The lowest BCUT2D eigenvalue weighted by Gasteiger charge is -2.38. The van der Waals surface area contributed by atoms with Gasteiger partial charge in [-0.25, -0.2) is 0 Å². The largest absolute Gasteiger partial charge is 0.492 e. The average Bonchev–Trinajstić information content (AvgIpc) is 3.31. The van der Waals surface area contributed by atoms with E-state index in [4.69, 9.17) is 4.74 Å². The summed E-state index contributed by atoms with van der Waals surface area (Å²) in [6.07, 6.45) is 3.45. The van der Waals surface area contributed by atoms with Gasteiger partial charge in [0.1, 0.15) is 10.6 Å². The van der Waals surface area contributed by atoms with Gasteiger partial charge in [-0.2, -0.15) is 0 Å². The molecule has 2 aliphatic heterocycles. The number of nitrogens with zero attached hydrogens (tertiary/aromatic N) is 1. The minimum Gasteiger partial charge on any atom is -0.492 e. The second kappa shape index (κ2) is 8.63. The van der Waals surface area contributed by atoms with Gasteiger partial charge in [-0.05, 0) is 49.8 Å². The summed E-state index contributed by atoms with van der Waals surface area (Å²) in [6.45, 7) is 6.46. The van der Waals surface area contributed by atoms with Crippen molar-refractivity contribution in [2.24, 2.45) is 5.41 Å². The number of piperidine rings is 1. The molecule has 4 nitrogen and oxygen atoms in total. The molecular weight excluding hydrogens is 380 g/mol. The first-order chi connectivity index (χ1) is 12.7. The van der Waals surface area contributed by atoms with Crippen LogP contribution in [0.5, 0.6) is 5.75 Å². The molecule has 1 aromatic heterocycles. The Morgan fingerprint density at radius 2 is 1.96 bits per heavy atom. The molecule has 2 aliphatic rings. The van der Waals surface area contributed by atoms with E-state index in [9.17, 15) is 4.79 Å². The Kier molecular flexibility index (Phi) is 6.45. The molecule has 2 fully saturated rings. The van der Waals surface area contributed by atoms with Crippen LogP contribution in [0.2, 0.25) is 0 Å². The molecular formula is C21H27ClN2O2S. The first kappa shape index (κ1) is 20.2. The first-order valence-corrected chi connectivity index (χ1v) is 10.3. The van der Waals surface area contributed by atoms with E-state index >= 15 is 0 Å². The molecule has 0 radical (unpaired) electrons. The summed E-state index contributed by atoms with van der Waals surface area (Å²) in [6, 6.07) is 12.2. The van der Waals surface area contributed by atoms with E-state index in [0.717, 1.165) is 60.1 Å². The van der Waals surface area contributed by atoms with Gasteiger partial charge in [0.05, 0.1) is 6.61 Å². The first-order valence-electron chi connectivity index (χ1n) is 9.53. The van der Waals surface area contributed by atoms with Gasteiger partial charge in [0, 0.05) is 24.5 Å². The molecule has 1 aromatic carbocycles. The predicted molar refractivity (Wildman–Crippen MR) is 113 cm³/mol. The number of nitrogens with one attached hydrogen (secondary N) is 1. The van der Waals surface area contributed by atoms with Crippen LogP contribution in [0.25, 0.3) is 10.4 Å². The number of carbonyl (C=O) groups excluding carboxylic acids is 1. The van der Waals surface area contributed by atoms with Crippen LogP contribution in [-0.4, -0.2) is 43.6 Å². The molecule has 0 unspecified atom stereocenters. The Bertz CT molecular complexity index is 762. The van der Waals surface area contributed by atoms with E-state index in [0.29, 0.717) is 12.0 Å². The lowest BCUT2D eigenvalue weighted by molar-refractivity contribution is 0.0609. The fourth-order valence-electron chi connectivity index (χ4n) is 4.08. The highest BCUT2D eigenvalue weighted by Crippen LogP contribution is 2.40. The highest BCUT2D eigenvalue weighted by Gasteiger charge is 2.38. The van der Waals surface area contributed by atoms with Crippen LogP contribution in [0.1, 0.15) is 35.9 Å². The minimum atomic E-state index is 0. The number of carbonyl (C=O) groups is 1. The zero-order valence-electron chi connectivity index (χ0n) is 15.7. The molecule has 146 valence electrons. The van der Waals surface area contributed by atoms with Crippen molar-refractivity contribution in [3.05, 3.63) is 41.3 Å². The standard InChI is InChI=1S/C21H26N2O2S.ClH/c1-2-25-17-14-18(16-6-4-3-5-7-16)26-19(17)20(24)23-12-9-21(10-13-23)8-11-22-15-21;/h3-7,14,22H,2,8-13,15H2,1H3;1H. The van der Waals surface area contributed by atoms with E-state index < -0.39 is 0 Å². The summed E-state index contributed by atoms with van der Waals surface area (Å²) < 4.78 is 5.80. The Morgan fingerprint density at radius 3 is 2.59 bits per heavy atom. The number of halogens is 1. The molecule has 1 spiro atoms. The van der Waals surface area contributed by atoms with Crippen molar-refractivity contribution >= 4 is 29.7 Å². The third-order valence-electron chi connectivity index (χ3n) is 5.69. The van der Waals surface area contributed by atoms with Gasteiger partial charge in [0.15, 0.2) is 0 Å². The maximum absolute atomic E-state index is 13.2. The van der Waals surface area contributed by atoms with E-state index in [1.807, 2.05) is 36.1 Å². The predicted octanol–water partition coefficient (Wildman–Crippen LogP) is 4.45. The summed E-state index contributed by atoms with van der Waals surface area (Å²) in [7, 11) is 0. The number of thiophene rings is 1. The Labute approximate surface area is 171 Å². The minimum absolute atomic E-state index is 0. The Balaban J connectivity index is 0.00000210. The van der Waals surface area contributed by atoms with Crippen LogP contribution in [0.3, 0.4) is 0 Å². The molecule has 6 heteroatoms. The Hall–Kier alpha value is -1.56. The van der Waals surface area contributed by atoms with Gasteiger partial charge in [-0.1, -0.05) is 30.3 Å². The molecule has 2 aromatic rings. The highest BCUT2D eigenvalue weighted by molar-refractivity contribution is 7.17. The van der Waals surface area contributed by atoms with Crippen molar-refractivity contribution in [1.29, 1.82) is 0 Å². The molecule has 0 bridgehead atoms. The second-order valence-corrected chi connectivity index (χ2v) is 8.37. The lowest BCUT2D eigenvalue weighted by Crippen LogP contribution is -2.43. The number of ether oxygens (including phenoxy) is 1. The maximum Gasteiger partial charge on any atom is 0.267 e. The molecule has 3 heterocycles. The third-order valence-corrected chi connectivity index (χ3v) is 6.85. The van der Waals surface area contributed by atoms with Gasteiger partial charge in [0.25, 0.3) is 5.91 Å². The summed E-state index contributed by atoms with van der Waals surface area (Å²) >= 11 is 1.55. The average molecular weight is 407 g/mol. The lowest BCUT2D eigenvalue weighted by atomic mass is 9.78. The SMILES string of the molecule is CCOc1cc(-c2ccccc2)sc1C(=O)N1CCC2(CCNC2)CC1.Cl. The van der Waals surface area contributed by atoms with Gasteiger partial charge in [-0.15, -0.1) is 23.7 Å². The third kappa shape index (κ3) is 4.15. The van der Waals surface area contributed by atoms with Crippen molar-refractivity contribution in [3.63, 3.8) is 0 Å². The van der Waals surface area contributed by atoms with E-state index in [2.05, 4.69) is 17.4 Å². The van der Waals surface area contributed by atoms with Crippen LogP contribution in [0.4, 0.5) is 0 Å². The van der Waals surface area contributed by atoms with E-state index in [1.54, 1.807) is 11.3 Å². The van der Waals surface area contributed by atoms with Crippen molar-refractivity contribution in [2.75, 3.05) is 32.8 Å². The molecule has 4 rings (SSSR count). The molecule has 27 heavy (non-hydrogen) atoms. The summed E-state index contributed by atoms with van der Waals surface area (Å²) in [5.74, 6) is 0.852. The van der Waals surface area contributed by atoms with Gasteiger partial charge >= 0.3 is 0 Å². The van der Waals surface area contributed by atoms with Crippen molar-refractivity contribution in [3.8, 4) is 16.2 Å². The number of hydrogen-bond acceptors (Lipinski definition) is 4. The fourth-order valence-corrected chi connectivity index (χ4v) is 5.16. The maximum atomic E-state index is 13.2. The topological polar surface area (TPSA) is 41.6 Å². The number of amides is 1. The van der Waals surface area contributed by atoms with E-state index in [1.165, 1.54) is 6.42 Å². The zero-order valence-corrected chi connectivity index (χ0v) is 17.3. The van der Waals surface area contributed by atoms with Crippen LogP contribution in [0.15, 0.2) is 36.4 Å². The van der Waals surface area contributed by atoms with E-state index in [-0.39, 0.29) is 18.3 Å². The van der Waals surface area contributed by atoms with Gasteiger partial charge in [0.2, 0.25) is 0 Å². The fraction of sp³-hybridized carbons (Fsp3) is 0.476. The van der Waals surface area contributed by atoms with Crippen LogP contribution >= 0.6 is 23.7 Å². The second-order valence-electron chi connectivity index (χ2n) is 7.32. The summed E-state index contributed by atoms with van der Waals surface area (Å²) in [4.78, 5) is 17.0. The van der Waals surface area contributed by atoms with Crippen molar-refractivity contribution < 1.29 is 9.53 Å². The molecule has 1 amide bonds. The van der Waals surface area contributed by atoms with Gasteiger partial charge < -0.3 is 15.0 Å². The van der Waals surface area contributed by atoms with Crippen LogP contribution < -0.4 is 10.1 Å². The molecule has 0 aliphatic carbocycles. The molecule has 1 N–H and O–H groups in total.